The van der Waals surface area contributed by atoms with E-state index < -0.39 is 23.3 Å². The number of Topliss-reactive ketones (excluding diaryl/α,β-unsaturated/α-hetero) is 1. The second-order valence-electron chi connectivity index (χ2n) is 8.99. The zero-order valence-electron chi connectivity index (χ0n) is 21.6. The lowest BCUT2D eigenvalue weighted by Crippen LogP contribution is -2.16. The van der Waals surface area contributed by atoms with Crippen molar-refractivity contribution in [3.63, 3.8) is 0 Å². The molecule has 2 aromatic heterocycles. The molecule has 0 saturated carbocycles. The smallest absolute Gasteiger partial charge is 0.410 e. The van der Waals surface area contributed by atoms with Crippen LogP contribution in [0.5, 0.6) is 5.75 Å². The Hall–Kier alpha value is -3.65. The molecule has 0 aliphatic heterocycles. The number of hydrogen-bond acceptors (Lipinski definition) is 7. The number of alkyl carbamates (subject to hydrolysis) is 1. The average molecular weight is 524 g/mol. The van der Waals surface area contributed by atoms with Crippen LogP contribution in [0.1, 0.15) is 78.9 Å². The number of carbonyl (C=O) groups is 2. The number of ketones is 1. The van der Waals surface area contributed by atoms with E-state index in [1.54, 1.807) is 30.4 Å². The molecule has 7 nitrogen and oxygen atoms in total. The lowest BCUT2D eigenvalue weighted by atomic mass is 10.00. The number of unbranched alkanes of at least 4 members (excludes halogenated alkanes) is 1. The Morgan fingerprint density at radius 3 is 2.73 bits per heavy atom. The molecule has 3 aromatic rings. The molecule has 196 valence electrons. The van der Waals surface area contributed by atoms with Gasteiger partial charge in [0, 0.05) is 27.8 Å². The number of aryl methyl sites for hydroxylation is 1. The van der Waals surface area contributed by atoms with E-state index in [0.717, 1.165) is 34.2 Å². The summed E-state index contributed by atoms with van der Waals surface area (Å²) in [6.07, 6.45) is 8.92. The quantitative estimate of drug-likeness (QED) is 0.208. The third-order valence-corrected chi connectivity index (χ3v) is 7.12. The number of methoxy groups -OCH3 is 1. The Bertz CT molecular complexity index is 1380. The monoisotopic (exact) mass is 523 g/mol. The van der Waals surface area contributed by atoms with Crippen molar-refractivity contribution >= 4 is 39.4 Å². The number of ether oxygens (including phenoxy) is 1. The first-order valence-electron chi connectivity index (χ1n) is 12.4. The normalized spacial score (nSPS) is 12.7. The van der Waals surface area contributed by atoms with E-state index in [9.17, 15) is 19.5 Å². The van der Waals surface area contributed by atoms with Gasteiger partial charge in [0.1, 0.15) is 17.1 Å². The van der Waals surface area contributed by atoms with Crippen LogP contribution in [0.3, 0.4) is 0 Å². The maximum atomic E-state index is 13.0. The fourth-order valence-electron chi connectivity index (χ4n) is 3.89. The summed E-state index contributed by atoms with van der Waals surface area (Å²) in [5, 5.41) is 14.1. The van der Waals surface area contributed by atoms with Crippen LogP contribution in [0.4, 0.5) is 4.79 Å². The van der Waals surface area contributed by atoms with Crippen molar-refractivity contribution in [2.75, 3.05) is 7.11 Å². The van der Waals surface area contributed by atoms with E-state index in [1.807, 2.05) is 13.0 Å². The lowest BCUT2D eigenvalue weighted by molar-refractivity contribution is 0.102. The Labute approximate surface area is 220 Å². The molecule has 0 spiro atoms. The van der Waals surface area contributed by atoms with Crippen molar-refractivity contribution in [2.24, 2.45) is 0 Å². The summed E-state index contributed by atoms with van der Waals surface area (Å²) < 4.78 is 11.0. The van der Waals surface area contributed by atoms with Crippen molar-refractivity contribution in [2.45, 2.75) is 58.8 Å². The van der Waals surface area contributed by atoms with Crippen LogP contribution < -0.4 is 10.9 Å². The number of nitrogens with one attached hydrogen (secondary N) is 1. The maximum absolute atomic E-state index is 13.0. The molecule has 0 aliphatic rings. The number of hydrogen-bond donors (Lipinski definition) is 2. The molecule has 2 heterocycles. The molecule has 0 saturated heterocycles. The second-order valence-corrected chi connectivity index (χ2v) is 10.1. The van der Waals surface area contributed by atoms with Crippen LogP contribution in [-0.2, 0) is 11.2 Å². The van der Waals surface area contributed by atoms with E-state index in [4.69, 9.17) is 4.42 Å². The number of allylic oxidation sites excluding steroid dienone is 2. The summed E-state index contributed by atoms with van der Waals surface area (Å²) in [5.74, 6) is -0.861. The molecule has 0 aliphatic carbocycles. The summed E-state index contributed by atoms with van der Waals surface area (Å²) in [6.45, 7) is 5.65. The van der Waals surface area contributed by atoms with Crippen molar-refractivity contribution in [1.82, 2.24) is 5.32 Å². The number of amides is 1. The third kappa shape index (κ3) is 7.43. The van der Waals surface area contributed by atoms with Gasteiger partial charge in [-0.15, -0.1) is 11.3 Å². The van der Waals surface area contributed by atoms with Gasteiger partial charge in [-0.1, -0.05) is 38.5 Å². The van der Waals surface area contributed by atoms with E-state index in [-0.39, 0.29) is 11.5 Å². The van der Waals surface area contributed by atoms with Crippen molar-refractivity contribution in [1.29, 1.82) is 0 Å². The van der Waals surface area contributed by atoms with Crippen LogP contribution in [0.2, 0.25) is 0 Å². The highest BCUT2D eigenvalue weighted by atomic mass is 32.1. The Balaban J connectivity index is 1.72. The molecule has 0 radical (unpaired) electrons. The first-order valence-corrected chi connectivity index (χ1v) is 13.2. The Morgan fingerprint density at radius 2 is 2.03 bits per heavy atom. The number of thiophene rings is 1. The highest BCUT2D eigenvalue weighted by Crippen LogP contribution is 2.30. The van der Waals surface area contributed by atoms with Crippen LogP contribution in [0.15, 0.2) is 57.4 Å². The van der Waals surface area contributed by atoms with Crippen LogP contribution in [-0.4, -0.2) is 24.1 Å². The molecular weight excluding hydrogens is 490 g/mol. The Morgan fingerprint density at radius 1 is 1.24 bits per heavy atom. The molecular formula is C29H33NO6S. The highest BCUT2D eigenvalue weighted by molar-refractivity contribution is 7.19. The SMILES string of the molecule is CCCCc1ccc2cc(C=C(C)C(=O)c3c(O)cc(C(C)CC/C=C/NC(=O)OC)oc3=O)sc2c1. The highest BCUT2D eigenvalue weighted by Gasteiger charge is 2.22. The van der Waals surface area contributed by atoms with E-state index >= 15 is 0 Å². The summed E-state index contributed by atoms with van der Waals surface area (Å²) in [7, 11) is 1.28. The molecule has 1 unspecified atom stereocenters. The molecule has 1 amide bonds. The maximum Gasteiger partial charge on any atom is 0.410 e. The van der Waals surface area contributed by atoms with Gasteiger partial charge in [-0.05, 0) is 67.3 Å². The summed E-state index contributed by atoms with van der Waals surface area (Å²) in [4.78, 5) is 37.6. The third-order valence-electron chi connectivity index (χ3n) is 6.07. The van der Waals surface area contributed by atoms with E-state index in [2.05, 4.69) is 35.2 Å². The minimum Gasteiger partial charge on any atom is -0.507 e. The first-order chi connectivity index (χ1) is 17.7. The molecule has 0 fully saturated rings. The predicted octanol–water partition coefficient (Wildman–Crippen LogP) is 6.94. The molecule has 37 heavy (non-hydrogen) atoms. The average Bonchev–Trinajstić information content (AvgIpc) is 3.27. The van der Waals surface area contributed by atoms with Gasteiger partial charge >= 0.3 is 11.7 Å². The van der Waals surface area contributed by atoms with Gasteiger partial charge in [0.05, 0.1) is 7.11 Å². The fourth-order valence-corrected chi connectivity index (χ4v) is 5.02. The Kier molecular flexibility index (Phi) is 9.85. The van der Waals surface area contributed by atoms with Crippen LogP contribution >= 0.6 is 11.3 Å². The second kappa shape index (κ2) is 13.1. The first kappa shape index (κ1) is 27.9. The van der Waals surface area contributed by atoms with Gasteiger partial charge in [0.25, 0.3) is 0 Å². The van der Waals surface area contributed by atoms with Crippen molar-refractivity contribution in [3.05, 3.63) is 80.4 Å². The predicted molar refractivity (Wildman–Crippen MR) is 147 cm³/mol. The molecule has 8 heteroatoms. The zero-order valence-corrected chi connectivity index (χ0v) is 22.4. The number of rotatable bonds is 11. The minimum atomic E-state index is -0.862. The number of aromatic hydroxyl groups is 1. The van der Waals surface area contributed by atoms with Crippen molar-refractivity contribution < 1.29 is 23.8 Å². The number of carbonyl (C=O) groups excluding carboxylic acids is 2. The molecule has 1 aromatic carbocycles. The van der Waals surface area contributed by atoms with Gasteiger partial charge in [-0.3, -0.25) is 10.1 Å². The molecule has 3 rings (SSSR count). The van der Waals surface area contributed by atoms with Gasteiger partial charge < -0.3 is 14.3 Å². The lowest BCUT2D eigenvalue weighted by Gasteiger charge is -2.11. The van der Waals surface area contributed by atoms with Gasteiger partial charge in [-0.25, -0.2) is 9.59 Å². The summed E-state index contributed by atoms with van der Waals surface area (Å²) in [6, 6.07) is 9.77. The van der Waals surface area contributed by atoms with Crippen molar-refractivity contribution in [3.8, 4) is 5.75 Å². The van der Waals surface area contributed by atoms with E-state index in [1.165, 1.54) is 24.9 Å². The molecule has 0 bridgehead atoms. The van der Waals surface area contributed by atoms with Gasteiger partial charge in [0.2, 0.25) is 0 Å². The summed E-state index contributed by atoms with van der Waals surface area (Å²) in [5.41, 5.74) is 0.406. The van der Waals surface area contributed by atoms with E-state index in [0.29, 0.717) is 24.2 Å². The van der Waals surface area contributed by atoms with Crippen LogP contribution in [0.25, 0.3) is 16.2 Å². The van der Waals surface area contributed by atoms with Crippen LogP contribution in [0, 0.1) is 0 Å². The standard InChI is InChI=1S/C29H33NO6S/c1-5-6-10-20-11-12-21-16-22(37-25(21)15-20)14-19(3)27(32)26-23(31)17-24(36-28(26)33)18(2)9-7-8-13-30-29(34)35-4/h8,11-18,31H,5-7,9-10H2,1-4H3,(H,30,34)/b13-8+,19-14?. The molecule has 2 N–H and O–H groups in total. The largest absolute Gasteiger partial charge is 0.507 e. The molecule has 1 atom stereocenters. The zero-order chi connectivity index (χ0) is 26.9. The van der Waals surface area contributed by atoms with Gasteiger partial charge in [-0.2, -0.15) is 0 Å². The number of benzene rings is 1. The minimum absolute atomic E-state index is 0.192. The number of fused-ring (bicyclic) bond motifs is 1. The van der Waals surface area contributed by atoms with Gasteiger partial charge in [0.15, 0.2) is 5.78 Å². The summed E-state index contributed by atoms with van der Waals surface area (Å²) >= 11 is 1.59. The fraction of sp³-hybridized carbons (Fsp3) is 0.345. The topological polar surface area (TPSA) is 106 Å².